The van der Waals surface area contributed by atoms with E-state index in [9.17, 15) is 0 Å². The van der Waals surface area contributed by atoms with E-state index in [1.165, 1.54) is 11.1 Å². The number of pyridine rings is 1. The Bertz CT molecular complexity index is 1230. The fourth-order valence-corrected chi connectivity index (χ4v) is 3.19. The van der Waals surface area contributed by atoms with Gasteiger partial charge in [-0.2, -0.15) is 0 Å². The van der Waals surface area contributed by atoms with Gasteiger partial charge in [0, 0.05) is 16.5 Å². The van der Waals surface area contributed by atoms with Gasteiger partial charge in [-0.05, 0) is 68.1 Å². The molecule has 0 bridgehead atoms. The number of benzene rings is 2. The molecule has 2 aromatic heterocycles. The number of aliphatic imine (C=N–C) groups is 2. The van der Waals surface area contributed by atoms with Gasteiger partial charge in [0.2, 0.25) is 0 Å². The molecule has 4 aromatic rings. The number of hydrogen-bond donors (Lipinski definition) is 1. The fourth-order valence-electron chi connectivity index (χ4n) is 3.19. The molecule has 0 aliphatic heterocycles. The van der Waals surface area contributed by atoms with E-state index in [1.54, 1.807) is 0 Å². The third-order valence-electron chi connectivity index (χ3n) is 4.95. The number of aromatic nitrogens is 2. The lowest BCUT2D eigenvalue weighted by atomic mass is 10.1. The van der Waals surface area contributed by atoms with Gasteiger partial charge in [0.1, 0.15) is 0 Å². The molecule has 0 saturated heterocycles. The predicted molar refractivity (Wildman–Crippen MR) is 116 cm³/mol. The normalized spacial score (nSPS) is 11.5. The number of nitrogens with one attached hydrogen (secondary N) is 1. The van der Waals surface area contributed by atoms with Crippen molar-refractivity contribution in [2.24, 2.45) is 9.98 Å². The molecule has 0 spiro atoms. The molecule has 0 unspecified atom stereocenters. The van der Waals surface area contributed by atoms with E-state index in [1.807, 2.05) is 42.6 Å². The summed E-state index contributed by atoms with van der Waals surface area (Å²) in [6, 6.07) is 14.1. The average molecular weight is 352 g/mol. The van der Waals surface area contributed by atoms with Gasteiger partial charge in [0.05, 0.1) is 34.3 Å². The van der Waals surface area contributed by atoms with Crippen molar-refractivity contribution in [1.82, 2.24) is 9.97 Å². The Labute approximate surface area is 158 Å². The molecule has 0 aliphatic rings. The molecule has 4 rings (SSSR count). The van der Waals surface area contributed by atoms with Crippen molar-refractivity contribution in [1.29, 1.82) is 0 Å². The first-order chi connectivity index (χ1) is 13.1. The summed E-state index contributed by atoms with van der Waals surface area (Å²) >= 11 is 0. The summed E-state index contributed by atoms with van der Waals surface area (Å²) in [7, 11) is 0. The van der Waals surface area contributed by atoms with Gasteiger partial charge in [-0.15, -0.1) is 0 Å². The van der Waals surface area contributed by atoms with Gasteiger partial charge in [0.25, 0.3) is 0 Å². The lowest BCUT2D eigenvalue weighted by Crippen LogP contribution is -1.85. The standard InChI is InChI=1S/C23H20N4/c1-5-20-14(2)15(3)23(26-20)13-25-19-9-7-17-10-16-6-8-18(24-4)11-21(16)27-22(17)12-19/h5-13,26H,1,4H2,2-3H3. The second kappa shape index (κ2) is 6.65. The Morgan fingerprint density at radius 1 is 0.889 bits per heavy atom. The molecule has 4 heteroatoms. The van der Waals surface area contributed by atoms with Gasteiger partial charge in [0.15, 0.2) is 0 Å². The minimum Gasteiger partial charge on any atom is -0.354 e. The number of fused-ring (bicyclic) bond motifs is 2. The van der Waals surface area contributed by atoms with Crippen LogP contribution in [0.3, 0.4) is 0 Å². The van der Waals surface area contributed by atoms with Crippen molar-refractivity contribution in [3.05, 3.63) is 71.6 Å². The summed E-state index contributed by atoms with van der Waals surface area (Å²) < 4.78 is 0. The molecule has 0 radical (unpaired) electrons. The molecule has 0 saturated carbocycles. The number of hydrogen-bond acceptors (Lipinski definition) is 3. The second-order valence-electron chi connectivity index (χ2n) is 6.57. The van der Waals surface area contributed by atoms with E-state index in [-0.39, 0.29) is 0 Å². The molecule has 0 atom stereocenters. The maximum absolute atomic E-state index is 4.77. The minimum absolute atomic E-state index is 0.819. The number of H-pyrrole nitrogens is 1. The summed E-state index contributed by atoms with van der Waals surface area (Å²) in [6.07, 6.45) is 3.69. The zero-order chi connectivity index (χ0) is 19.0. The van der Waals surface area contributed by atoms with Crippen LogP contribution in [-0.4, -0.2) is 22.9 Å². The molecule has 0 amide bonds. The maximum atomic E-state index is 4.77. The maximum Gasteiger partial charge on any atom is 0.0731 e. The van der Waals surface area contributed by atoms with Crippen LogP contribution in [0.2, 0.25) is 0 Å². The molecule has 2 aromatic carbocycles. The highest BCUT2D eigenvalue weighted by Crippen LogP contribution is 2.26. The van der Waals surface area contributed by atoms with E-state index in [4.69, 9.17) is 4.98 Å². The van der Waals surface area contributed by atoms with Crippen LogP contribution < -0.4 is 0 Å². The topological polar surface area (TPSA) is 53.4 Å². The predicted octanol–water partition coefficient (Wildman–Crippen LogP) is 6.06. The fraction of sp³-hybridized carbons (Fsp3) is 0.0870. The molecule has 132 valence electrons. The van der Waals surface area contributed by atoms with E-state index in [0.29, 0.717) is 0 Å². The smallest absolute Gasteiger partial charge is 0.0731 e. The Kier molecular flexibility index (Phi) is 4.16. The first-order valence-corrected chi connectivity index (χ1v) is 8.76. The van der Waals surface area contributed by atoms with E-state index < -0.39 is 0 Å². The number of aromatic amines is 1. The van der Waals surface area contributed by atoms with Crippen LogP contribution in [0.25, 0.3) is 27.9 Å². The lowest BCUT2D eigenvalue weighted by Gasteiger charge is -2.03. The van der Waals surface area contributed by atoms with Gasteiger partial charge >= 0.3 is 0 Å². The van der Waals surface area contributed by atoms with E-state index in [2.05, 4.69) is 54.2 Å². The van der Waals surface area contributed by atoms with Gasteiger partial charge in [-0.25, -0.2) is 4.98 Å². The average Bonchev–Trinajstić information content (AvgIpc) is 2.97. The van der Waals surface area contributed by atoms with Crippen LogP contribution in [0, 0.1) is 13.8 Å². The van der Waals surface area contributed by atoms with Crippen molar-refractivity contribution in [3.8, 4) is 0 Å². The molecular weight excluding hydrogens is 332 g/mol. The largest absolute Gasteiger partial charge is 0.354 e. The summed E-state index contributed by atoms with van der Waals surface area (Å²) in [5.74, 6) is 0. The van der Waals surface area contributed by atoms with Gasteiger partial charge in [-0.3, -0.25) is 9.98 Å². The number of nitrogens with zero attached hydrogens (tertiary/aromatic N) is 3. The Balaban J connectivity index is 1.75. The molecule has 2 heterocycles. The molecule has 1 N–H and O–H groups in total. The Morgan fingerprint density at radius 2 is 1.52 bits per heavy atom. The van der Waals surface area contributed by atoms with Gasteiger partial charge < -0.3 is 4.98 Å². The zero-order valence-corrected chi connectivity index (χ0v) is 15.5. The first kappa shape index (κ1) is 16.9. The van der Waals surface area contributed by atoms with Crippen LogP contribution in [0.1, 0.15) is 22.5 Å². The zero-order valence-electron chi connectivity index (χ0n) is 15.5. The van der Waals surface area contributed by atoms with Crippen molar-refractivity contribution in [2.45, 2.75) is 13.8 Å². The van der Waals surface area contributed by atoms with Crippen LogP contribution in [0.4, 0.5) is 11.4 Å². The molecular formula is C23H20N4. The summed E-state index contributed by atoms with van der Waals surface area (Å²) in [4.78, 5) is 16.7. The Morgan fingerprint density at radius 3 is 2.15 bits per heavy atom. The molecule has 0 aliphatic carbocycles. The van der Waals surface area contributed by atoms with Crippen molar-refractivity contribution >= 4 is 52.2 Å². The highest BCUT2D eigenvalue weighted by molar-refractivity contribution is 5.95. The second-order valence-corrected chi connectivity index (χ2v) is 6.57. The van der Waals surface area contributed by atoms with Crippen LogP contribution in [0.15, 0.2) is 59.0 Å². The first-order valence-electron chi connectivity index (χ1n) is 8.76. The highest BCUT2D eigenvalue weighted by atomic mass is 14.8. The van der Waals surface area contributed by atoms with E-state index in [0.717, 1.165) is 44.6 Å². The third kappa shape index (κ3) is 3.06. The monoisotopic (exact) mass is 352 g/mol. The quantitative estimate of drug-likeness (QED) is 0.352. The van der Waals surface area contributed by atoms with Crippen molar-refractivity contribution in [3.63, 3.8) is 0 Å². The van der Waals surface area contributed by atoms with E-state index >= 15 is 0 Å². The highest BCUT2D eigenvalue weighted by Gasteiger charge is 2.07. The molecule has 0 fully saturated rings. The molecule has 4 nitrogen and oxygen atoms in total. The molecule has 27 heavy (non-hydrogen) atoms. The summed E-state index contributed by atoms with van der Waals surface area (Å²) in [6.45, 7) is 11.6. The minimum atomic E-state index is 0.819. The third-order valence-corrected chi connectivity index (χ3v) is 4.95. The Hall–Kier alpha value is -3.53. The summed E-state index contributed by atoms with van der Waals surface area (Å²) in [5.41, 5.74) is 7.90. The van der Waals surface area contributed by atoms with Crippen molar-refractivity contribution < 1.29 is 0 Å². The van der Waals surface area contributed by atoms with Crippen LogP contribution in [-0.2, 0) is 0 Å². The van der Waals surface area contributed by atoms with Crippen LogP contribution in [0.5, 0.6) is 0 Å². The van der Waals surface area contributed by atoms with Gasteiger partial charge in [-0.1, -0.05) is 18.7 Å². The van der Waals surface area contributed by atoms with Crippen molar-refractivity contribution in [2.75, 3.05) is 0 Å². The lowest BCUT2D eigenvalue weighted by molar-refractivity contribution is 1.32. The SMILES string of the molecule is C=Cc1[nH]c(C=Nc2ccc3cc4ccc(N=C)cc4nc3c2)c(C)c1C. The summed E-state index contributed by atoms with van der Waals surface area (Å²) in [5, 5.41) is 2.17. The number of rotatable bonds is 4. The van der Waals surface area contributed by atoms with Crippen LogP contribution >= 0.6 is 0 Å².